The van der Waals surface area contributed by atoms with Crippen molar-refractivity contribution in [1.29, 1.82) is 0 Å². The van der Waals surface area contributed by atoms with E-state index in [1.54, 1.807) is 0 Å². The molecular weight excluding hydrogens is 308 g/mol. The van der Waals surface area contributed by atoms with Gasteiger partial charge in [-0.05, 0) is 30.7 Å². The number of nitrogens with one attached hydrogen (secondary N) is 1. The van der Waals surface area contributed by atoms with Gasteiger partial charge < -0.3 is 10.2 Å². The van der Waals surface area contributed by atoms with Gasteiger partial charge in [0.25, 0.3) is 0 Å². The normalized spacial score (nSPS) is 24.3. The summed E-state index contributed by atoms with van der Waals surface area (Å²) in [5, 5.41) is 5.46. The van der Waals surface area contributed by atoms with Crippen molar-refractivity contribution >= 4 is 35.4 Å². The minimum absolute atomic E-state index is 0. The lowest BCUT2D eigenvalue weighted by molar-refractivity contribution is -0.131. The molecule has 116 valence electrons. The molecule has 2 fully saturated rings. The van der Waals surface area contributed by atoms with Crippen LogP contribution in [0.25, 0.3) is 0 Å². The average molecular weight is 329 g/mol. The van der Waals surface area contributed by atoms with Crippen molar-refractivity contribution in [2.45, 2.75) is 44.2 Å². The summed E-state index contributed by atoms with van der Waals surface area (Å²) in [5.41, 5.74) is 0. The van der Waals surface area contributed by atoms with Crippen LogP contribution in [0.5, 0.6) is 0 Å². The zero-order chi connectivity index (χ0) is 13.9. The summed E-state index contributed by atoms with van der Waals surface area (Å²) in [7, 11) is 0. The Kier molecular flexibility index (Phi) is 5.79. The zero-order valence-corrected chi connectivity index (χ0v) is 13.5. The summed E-state index contributed by atoms with van der Waals surface area (Å²) in [6, 6.07) is 4.74. The molecule has 1 aromatic rings. The molecule has 0 aliphatic carbocycles. The maximum atomic E-state index is 12.3. The van der Waals surface area contributed by atoms with E-state index in [0.29, 0.717) is 24.9 Å². The van der Waals surface area contributed by atoms with Gasteiger partial charge in [0.2, 0.25) is 5.91 Å². The lowest BCUT2D eigenvalue weighted by atomic mass is 10.1. The van der Waals surface area contributed by atoms with Crippen LogP contribution in [0, 0.1) is 0 Å². The summed E-state index contributed by atoms with van der Waals surface area (Å²) in [4.78, 5) is 26.9. The molecule has 21 heavy (non-hydrogen) atoms. The molecule has 2 unspecified atom stereocenters. The van der Waals surface area contributed by atoms with Crippen LogP contribution in [-0.4, -0.2) is 41.8 Å². The molecule has 6 heteroatoms. The quantitative estimate of drug-likeness (QED) is 0.864. The Morgan fingerprint density at radius 1 is 1.24 bits per heavy atom. The van der Waals surface area contributed by atoms with Crippen LogP contribution in [0.2, 0.25) is 0 Å². The minimum atomic E-state index is 0. The lowest BCUT2D eigenvalue weighted by Gasteiger charge is -2.24. The van der Waals surface area contributed by atoms with Gasteiger partial charge in [0.1, 0.15) is 0 Å². The molecule has 1 aromatic heterocycles. The standard InChI is InChI=1S/C15H20N2O2S.ClH/c18-13(14-2-1-9-20-14)5-6-15(19)17-8-7-11-3-4-12(10-17)16-11;/h1-2,9,11-12,16H,3-8,10H2;1H. The number of carbonyl (C=O) groups is 2. The predicted molar refractivity (Wildman–Crippen MR) is 86.3 cm³/mol. The molecule has 1 N–H and O–H groups in total. The number of nitrogens with zero attached hydrogens (tertiary/aromatic N) is 1. The maximum Gasteiger partial charge on any atom is 0.223 e. The monoisotopic (exact) mass is 328 g/mol. The zero-order valence-electron chi connectivity index (χ0n) is 11.9. The van der Waals surface area contributed by atoms with Crippen LogP contribution in [0.4, 0.5) is 0 Å². The molecule has 0 spiro atoms. The highest BCUT2D eigenvalue weighted by Gasteiger charge is 2.31. The summed E-state index contributed by atoms with van der Waals surface area (Å²) in [6.45, 7) is 1.64. The number of ketones is 1. The van der Waals surface area contributed by atoms with Gasteiger partial charge >= 0.3 is 0 Å². The van der Waals surface area contributed by atoms with E-state index in [-0.39, 0.29) is 24.1 Å². The molecule has 2 bridgehead atoms. The third kappa shape index (κ3) is 4.05. The van der Waals surface area contributed by atoms with Gasteiger partial charge in [0, 0.05) is 38.0 Å². The first-order valence-corrected chi connectivity index (χ1v) is 8.21. The molecule has 2 aliphatic heterocycles. The number of fused-ring (bicyclic) bond motifs is 2. The molecule has 3 heterocycles. The molecular formula is C15H21ClN2O2S. The largest absolute Gasteiger partial charge is 0.341 e. The summed E-state index contributed by atoms with van der Waals surface area (Å²) in [5.74, 6) is 0.215. The molecule has 2 atom stereocenters. The fraction of sp³-hybridized carbons (Fsp3) is 0.600. The number of hydrogen-bond donors (Lipinski definition) is 1. The van der Waals surface area contributed by atoms with Gasteiger partial charge in [-0.25, -0.2) is 0 Å². The Morgan fingerprint density at radius 2 is 2.05 bits per heavy atom. The third-order valence-electron chi connectivity index (χ3n) is 4.24. The van der Waals surface area contributed by atoms with Crippen molar-refractivity contribution in [3.63, 3.8) is 0 Å². The predicted octanol–water partition coefficient (Wildman–Crippen LogP) is 2.49. The van der Waals surface area contributed by atoms with Gasteiger partial charge in [-0.2, -0.15) is 0 Å². The molecule has 2 aliphatic rings. The van der Waals surface area contributed by atoms with E-state index in [9.17, 15) is 9.59 Å². The van der Waals surface area contributed by atoms with Crippen LogP contribution in [0.3, 0.4) is 0 Å². The van der Waals surface area contributed by atoms with Crippen molar-refractivity contribution in [1.82, 2.24) is 10.2 Å². The second-order valence-corrected chi connectivity index (χ2v) is 6.61. The van der Waals surface area contributed by atoms with Gasteiger partial charge in [-0.3, -0.25) is 9.59 Å². The first-order chi connectivity index (χ1) is 9.72. The number of thiophene rings is 1. The van der Waals surface area contributed by atoms with E-state index in [1.807, 2.05) is 22.4 Å². The summed E-state index contributed by atoms with van der Waals surface area (Å²) < 4.78 is 0. The molecule has 3 rings (SSSR count). The third-order valence-corrected chi connectivity index (χ3v) is 5.15. The Bertz CT molecular complexity index is 492. The number of rotatable bonds is 4. The van der Waals surface area contributed by atoms with Crippen molar-refractivity contribution in [2.75, 3.05) is 13.1 Å². The number of carbonyl (C=O) groups excluding carboxylic acids is 2. The Labute approximate surface area is 135 Å². The number of halogens is 1. The first kappa shape index (κ1) is 16.5. The van der Waals surface area contributed by atoms with Crippen LogP contribution < -0.4 is 5.32 Å². The van der Waals surface area contributed by atoms with Gasteiger partial charge in [0.05, 0.1) is 4.88 Å². The molecule has 2 saturated heterocycles. The Hall–Kier alpha value is -0.910. The van der Waals surface area contributed by atoms with Crippen LogP contribution in [0.15, 0.2) is 17.5 Å². The van der Waals surface area contributed by atoms with E-state index in [2.05, 4.69) is 5.32 Å². The maximum absolute atomic E-state index is 12.3. The number of likely N-dealkylation sites (tertiary alicyclic amines) is 1. The molecule has 0 aromatic carbocycles. The molecule has 4 nitrogen and oxygen atoms in total. The fourth-order valence-corrected chi connectivity index (χ4v) is 3.80. The van der Waals surface area contributed by atoms with Crippen molar-refractivity contribution in [3.8, 4) is 0 Å². The fourth-order valence-electron chi connectivity index (χ4n) is 3.11. The van der Waals surface area contributed by atoms with Gasteiger partial charge in [0.15, 0.2) is 5.78 Å². The summed E-state index contributed by atoms with van der Waals surface area (Å²) in [6.07, 6.45) is 4.12. The van der Waals surface area contributed by atoms with Crippen molar-refractivity contribution in [3.05, 3.63) is 22.4 Å². The molecule has 1 amide bonds. The van der Waals surface area contributed by atoms with Crippen molar-refractivity contribution in [2.24, 2.45) is 0 Å². The number of hydrogen-bond acceptors (Lipinski definition) is 4. The highest BCUT2D eigenvalue weighted by molar-refractivity contribution is 7.12. The van der Waals surface area contributed by atoms with E-state index < -0.39 is 0 Å². The van der Waals surface area contributed by atoms with Gasteiger partial charge in [-0.1, -0.05) is 6.07 Å². The topological polar surface area (TPSA) is 49.4 Å². The smallest absolute Gasteiger partial charge is 0.223 e. The van der Waals surface area contributed by atoms with Crippen LogP contribution >= 0.6 is 23.7 Å². The molecule has 0 saturated carbocycles. The molecule has 0 radical (unpaired) electrons. The van der Waals surface area contributed by atoms with E-state index in [0.717, 1.165) is 24.4 Å². The van der Waals surface area contributed by atoms with E-state index >= 15 is 0 Å². The van der Waals surface area contributed by atoms with Crippen LogP contribution in [0.1, 0.15) is 41.8 Å². The number of Topliss-reactive ketones (excluding diaryl/α,β-unsaturated/α-hetero) is 1. The van der Waals surface area contributed by atoms with E-state index in [1.165, 1.54) is 24.2 Å². The first-order valence-electron chi connectivity index (χ1n) is 7.33. The Morgan fingerprint density at radius 3 is 2.81 bits per heavy atom. The highest BCUT2D eigenvalue weighted by Crippen LogP contribution is 2.21. The van der Waals surface area contributed by atoms with Gasteiger partial charge in [-0.15, -0.1) is 23.7 Å². The number of amides is 1. The van der Waals surface area contributed by atoms with Crippen molar-refractivity contribution < 1.29 is 9.59 Å². The highest BCUT2D eigenvalue weighted by atomic mass is 35.5. The summed E-state index contributed by atoms with van der Waals surface area (Å²) >= 11 is 1.45. The second kappa shape index (κ2) is 7.38. The average Bonchev–Trinajstić information content (AvgIpc) is 3.05. The minimum Gasteiger partial charge on any atom is -0.341 e. The second-order valence-electron chi connectivity index (χ2n) is 5.67. The van der Waals surface area contributed by atoms with Crippen LogP contribution in [-0.2, 0) is 4.79 Å². The SMILES string of the molecule is Cl.O=C(CCC(=O)N1CCC2CCC(C1)N2)c1cccs1. The Balaban J connectivity index is 0.00000161. The lowest BCUT2D eigenvalue weighted by Crippen LogP contribution is -2.39. The van der Waals surface area contributed by atoms with E-state index in [4.69, 9.17) is 0 Å².